The molecule has 1 aliphatic carbocycles. The van der Waals surface area contributed by atoms with Crippen molar-refractivity contribution in [2.24, 2.45) is 0 Å². The van der Waals surface area contributed by atoms with Gasteiger partial charge >= 0.3 is 5.97 Å². The third-order valence-electron chi connectivity index (χ3n) is 5.69. The van der Waals surface area contributed by atoms with E-state index in [2.05, 4.69) is 23.6 Å². The van der Waals surface area contributed by atoms with Gasteiger partial charge in [-0.05, 0) is 47.6 Å². The van der Waals surface area contributed by atoms with Gasteiger partial charge < -0.3 is 15.7 Å². The molecule has 0 aliphatic heterocycles. The van der Waals surface area contributed by atoms with Gasteiger partial charge in [0.15, 0.2) is 0 Å². The van der Waals surface area contributed by atoms with Gasteiger partial charge in [-0.1, -0.05) is 62.6 Å². The van der Waals surface area contributed by atoms with Crippen molar-refractivity contribution in [3.05, 3.63) is 59.2 Å². The molecule has 0 bridgehead atoms. The highest BCUT2D eigenvalue weighted by molar-refractivity contribution is 6.01. The monoisotopic (exact) mass is 422 g/mol. The van der Waals surface area contributed by atoms with Crippen LogP contribution in [0.25, 0.3) is 11.1 Å². The highest BCUT2D eigenvalue weighted by atomic mass is 16.4. The molecule has 2 aromatic carbocycles. The minimum absolute atomic E-state index is 0.0527. The van der Waals surface area contributed by atoms with E-state index in [1.165, 1.54) is 5.56 Å². The number of aliphatic carboxylic acids is 1. The van der Waals surface area contributed by atoms with Crippen molar-refractivity contribution in [3.63, 3.8) is 0 Å². The SMILES string of the molecule is CCCCCCNC(=O)[C@H](CCC(=O)O)NC(=O)c1cccc2c1Cc1ccccc1-2. The Morgan fingerprint density at radius 1 is 1.00 bits per heavy atom. The first-order chi connectivity index (χ1) is 15.0. The van der Waals surface area contributed by atoms with Crippen LogP contribution in [-0.4, -0.2) is 35.5 Å². The number of nitrogens with one attached hydrogen (secondary N) is 2. The predicted octanol–water partition coefficient (Wildman–Crippen LogP) is 3.92. The minimum Gasteiger partial charge on any atom is -0.481 e. The molecule has 2 aromatic rings. The van der Waals surface area contributed by atoms with Gasteiger partial charge in [0, 0.05) is 18.5 Å². The largest absolute Gasteiger partial charge is 0.481 e. The van der Waals surface area contributed by atoms with Gasteiger partial charge in [-0.2, -0.15) is 0 Å². The lowest BCUT2D eigenvalue weighted by atomic mass is 10.00. The second-order valence-corrected chi connectivity index (χ2v) is 7.98. The Bertz CT molecular complexity index is 954. The number of hydrogen-bond acceptors (Lipinski definition) is 3. The predicted molar refractivity (Wildman–Crippen MR) is 120 cm³/mol. The summed E-state index contributed by atoms with van der Waals surface area (Å²) < 4.78 is 0. The summed E-state index contributed by atoms with van der Waals surface area (Å²) in [7, 11) is 0. The number of fused-ring (bicyclic) bond motifs is 3. The maximum Gasteiger partial charge on any atom is 0.303 e. The molecule has 0 radical (unpaired) electrons. The summed E-state index contributed by atoms with van der Waals surface area (Å²) in [5.41, 5.74) is 4.80. The summed E-state index contributed by atoms with van der Waals surface area (Å²) in [5.74, 6) is -1.67. The zero-order valence-corrected chi connectivity index (χ0v) is 17.9. The second kappa shape index (κ2) is 10.8. The average molecular weight is 423 g/mol. The minimum atomic E-state index is -0.994. The molecule has 0 saturated carbocycles. The molecule has 3 N–H and O–H groups in total. The quantitative estimate of drug-likeness (QED) is 0.408. The standard InChI is InChI=1S/C25H30N2O4/c1-2-3-4-7-15-26-25(31)22(13-14-23(28)29)27-24(30)20-12-8-11-19-18-10-6-5-9-17(18)16-21(19)20/h5-6,8-12,22H,2-4,7,13-16H2,1H3,(H,26,31)(H,27,30)(H,28,29)/t22-/m0/s1. The zero-order valence-electron chi connectivity index (χ0n) is 17.9. The molecule has 0 aromatic heterocycles. The van der Waals surface area contributed by atoms with Gasteiger partial charge in [-0.3, -0.25) is 14.4 Å². The van der Waals surface area contributed by atoms with Crippen LogP contribution in [0.5, 0.6) is 0 Å². The molecule has 0 fully saturated rings. The number of rotatable bonds is 11. The summed E-state index contributed by atoms with van der Waals surface area (Å²) in [6, 6.07) is 12.8. The highest BCUT2D eigenvalue weighted by Crippen LogP contribution is 2.38. The Balaban J connectivity index is 1.70. The topological polar surface area (TPSA) is 95.5 Å². The molecular weight excluding hydrogens is 392 g/mol. The van der Waals surface area contributed by atoms with Crippen LogP contribution < -0.4 is 10.6 Å². The summed E-state index contributed by atoms with van der Waals surface area (Å²) in [4.78, 5) is 36.8. The molecule has 3 rings (SSSR count). The van der Waals surface area contributed by atoms with E-state index in [0.717, 1.165) is 42.4 Å². The second-order valence-electron chi connectivity index (χ2n) is 7.98. The van der Waals surface area contributed by atoms with Crippen LogP contribution >= 0.6 is 0 Å². The Morgan fingerprint density at radius 2 is 1.77 bits per heavy atom. The third kappa shape index (κ3) is 5.72. The van der Waals surface area contributed by atoms with Crippen LogP contribution in [0.4, 0.5) is 0 Å². The molecule has 31 heavy (non-hydrogen) atoms. The maximum atomic E-state index is 13.1. The Hall–Kier alpha value is -3.15. The molecule has 1 aliphatic rings. The molecule has 0 heterocycles. The van der Waals surface area contributed by atoms with Gasteiger partial charge in [0.1, 0.15) is 6.04 Å². The van der Waals surface area contributed by atoms with Crippen molar-refractivity contribution in [1.29, 1.82) is 0 Å². The smallest absolute Gasteiger partial charge is 0.303 e. The van der Waals surface area contributed by atoms with Crippen molar-refractivity contribution in [2.75, 3.05) is 6.54 Å². The van der Waals surface area contributed by atoms with Gasteiger partial charge in [0.2, 0.25) is 5.91 Å². The van der Waals surface area contributed by atoms with E-state index in [4.69, 9.17) is 5.11 Å². The molecule has 1 atom stereocenters. The van der Waals surface area contributed by atoms with Gasteiger partial charge in [0.25, 0.3) is 5.91 Å². The number of amides is 2. The fraction of sp³-hybridized carbons (Fsp3) is 0.400. The van der Waals surface area contributed by atoms with E-state index in [0.29, 0.717) is 18.5 Å². The van der Waals surface area contributed by atoms with Gasteiger partial charge in [0.05, 0.1) is 0 Å². The third-order valence-corrected chi connectivity index (χ3v) is 5.69. The lowest BCUT2D eigenvalue weighted by molar-refractivity contribution is -0.137. The van der Waals surface area contributed by atoms with E-state index < -0.39 is 12.0 Å². The number of carbonyl (C=O) groups is 3. The summed E-state index contributed by atoms with van der Waals surface area (Å²) in [6.45, 7) is 2.64. The normalized spacial score (nSPS) is 12.5. The Kier molecular flexibility index (Phi) is 7.82. The van der Waals surface area contributed by atoms with Crippen molar-refractivity contribution in [1.82, 2.24) is 10.6 Å². The molecule has 0 saturated heterocycles. The Labute approximate surface area is 183 Å². The number of carboxylic acids is 1. The van der Waals surface area contributed by atoms with E-state index in [9.17, 15) is 14.4 Å². The molecule has 2 amide bonds. The molecule has 164 valence electrons. The summed E-state index contributed by atoms with van der Waals surface area (Å²) in [5, 5.41) is 14.7. The highest BCUT2D eigenvalue weighted by Gasteiger charge is 2.26. The number of unbranched alkanes of at least 4 members (excludes halogenated alkanes) is 3. The average Bonchev–Trinajstić information content (AvgIpc) is 3.14. The molecule has 0 spiro atoms. The molecule has 6 nitrogen and oxygen atoms in total. The van der Waals surface area contributed by atoms with Gasteiger partial charge in [-0.15, -0.1) is 0 Å². The Morgan fingerprint density at radius 3 is 2.55 bits per heavy atom. The molecule has 0 unspecified atom stereocenters. The van der Waals surface area contributed by atoms with Crippen molar-refractivity contribution in [3.8, 4) is 11.1 Å². The van der Waals surface area contributed by atoms with Crippen molar-refractivity contribution < 1.29 is 19.5 Å². The number of carboxylic acid groups (broad SMARTS) is 1. The van der Waals surface area contributed by atoms with Gasteiger partial charge in [-0.25, -0.2) is 0 Å². The van der Waals surface area contributed by atoms with Crippen LogP contribution in [0.15, 0.2) is 42.5 Å². The van der Waals surface area contributed by atoms with E-state index in [-0.39, 0.29) is 24.7 Å². The lowest BCUT2D eigenvalue weighted by Crippen LogP contribution is -2.47. The fourth-order valence-corrected chi connectivity index (χ4v) is 4.03. The molecular formula is C25H30N2O4. The van der Waals surface area contributed by atoms with Crippen LogP contribution in [-0.2, 0) is 16.0 Å². The van der Waals surface area contributed by atoms with E-state index in [1.54, 1.807) is 6.07 Å². The lowest BCUT2D eigenvalue weighted by Gasteiger charge is -2.19. The van der Waals surface area contributed by atoms with Crippen LogP contribution in [0.1, 0.15) is 66.9 Å². The first-order valence-electron chi connectivity index (χ1n) is 11.0. The van der Waals surface area contributed by atoms with Crippen molar-refractivity contribution >= 4 is 17.8 Å². The van der Waals surface area contributed by atoms with E-state index >= 15 is 0 Å². The van der Waals surface area contributed by atoms with Crippen molar-refractivity contribution in [2.45, 2.75) is 57.9 Å². The molecule has 6 heteroatoms. The number of benzene rings is 2. The zero-order chi connectivity index (χ0) is 22.2. The first kappa shape index (κ1) is 22.5. The van der Waals surface area contributed by atoms with E-state index in [1.807, 2.05) is 30.3 Å². The first-order valence-corrected chi connectivity index (χ1v) is 11.0. The summed E-state index contributed by atoms with van der Waals surface area (Å²) in [6.07, 6.45) is 4.64. The fourth-order valence-electron chi connectivity index (χ4n) is 4.03. The summed E-state index contributed by atoms with van der Waals surface area (Å²) >= 11 is 0. The maximum absolute atomic E-state index is 13.1. The number of carbonyl (C=O) groups excluding carboxylic acids is 2. The van der Waals surface area contributed by atoms with Crippen LogP contribution in [0.3, 0.4) is 0 Å². The van der Waals surface area contributed by atoms with Crippen LogP contribution in [0.2, 0.25) is 0 Å². The number of hydrogen-bond donors (Lipinski definition) is 3. The van der Waals surface area contributed by atoms with Crippen LogP contribution in [0, 0.1) is 0 Å².